The van der Waals surface area contributed by atoms with Crippen LogP contribution in [0.2, 0.25) is 0 Å². The van der Waals surface area contributed by atoms with Crippen LogP contribution < -0.4 is 0 Å². The van der Waals surface area contributed by atoms with Crippen LogP contribution in [0.15, 0.2) is 48.5 Å². The highest BCUT2D eigenvalue weighted by atomic mass is 32.1. The lowest BCUT2D eigenvalue weighted by molar-refractivity contribution is 0.0699. The molecule has 0 aliphatic carbocycles. The van der Waals surface area contributed by atoms with Crippen LogP contribution in [0.25, 0.3) is 30.9 Å². The predicted molar refractivity (Wildman–Crippen MR) is 88.5 cm³/mol. The topological polar surface area (TPSA) is 37.3 Å². The van der Waals surface area contributed by atoms with Gasteiger partial charge in [-0.1, -0.05) is 35.9 Å². The number of hydrogen-bond acceptors (Lipinski definition) is 2. The van der Waals surface area contributed by atoms with Crippen molar-refractivity contribution in [2.45, 2.75) is 6.92 Å². The first-order valence-corrected chi connectivity index (χ1v) is 7.55. The fourth-order valence-corrected chi connectivity index (χ4v) is 4.14. The molecular formula is C18H12O2S. The fraction of sp³-hybridized carbons (Fsp3) is 0.0556. The van der Waals surface area contributed by atoms with Crippen LogP contribution in [0, 0.1) is 6.92 Å². The molecule has 0 unspecified atom stereocenters. The Morgan fingerprint density at radius 1 is 1.05 bits per heavy atom. The van der Waals surface area contributed by atoms with Crippen molar-refractivity contribution in [3.05, 3.63) is 59.7 Å². The zero-order chi connectivity index (χ0) is 14.6. The number of hydrogen-bond donors (Lipinski definition) is 1. The molecule has 2 nitrogen and oxygen atoms in total. The van der Waals surface area contributed by atoms with Gasteiger partial charge in [-0.3, -0.25) is 0 Å². The van der Waals surface area contributed by atoms with Crippen molar-refractivity contribution in [3.63, 3.8) is 0 Å². The molecule has 1 heterocycles. The molecule has 102 valence electrons. The van der Waals surface area contributed by atoms with Gasteiger partial charge in [-0.2, -0.15) is 0 Å². The minimum Gasteiger partial charge on any atom is -0.478 e. The largest absolute Gasteiger partial charge is 0.478 e. The average Bonchev–Trinajstić information content (AvgIpc) is 2.85. The zero-order valence-corrected chi connectivity index (χ0v) is 12.2. The third-order valence-corrected chi connectivity index (χ3v) is 5.05. The Hall–Kier alpha value is -2.39. The fourth-order valence-electron chi connectivity index (χ4n) is 2.89. The van der Waals surface area contributed by atoms with Gasteiger partial charge < -0.3 is 5.11 Å². The summed E-state index contributed by atoms with van der Waals surface area (Å²) >= 11 is 1.67. The van der Waals surface area contributed by atoms with E-state index < -0.39 is 5.97 Å². The SMILES string of the molecule is Cc1ccc2sc3c4ccccc4cc(C(=O)O)c3c2c1. The van der Waals surface area contributed by atoms with E-state index in [1.54, 1.807) is 17.4 Å². The minimum absolute atomic E-state index is 0.389. The van der Waals surface area contributed by atoms with Crippen LogP contribution in [0.3, 0.4) is 0 Å². The van der Waals surface area contributed by atoms with E-state index in [1.807, 2.05) is 25.1 Å². The minimum atomic E-state index is -0.869. The van der Waals surface area contributed by atoms with E-state index in [9.17, 15) is 9.90 Å². The second kappa shape index (κ2) is 4.30. The molecule has 0 saturated heterocycles. The standard InChI is InChI=1S/C18H12O2S/c1-10-6-7-15-13(8-10)16-14(18(19)20)9-11-4-2-3-5-12(11)17(16)21-15/h2-9H,1H3,(H,19,20). The second-order valence-corrected chi connectivity index (χ2v) is 6.31. The van der Waals surface area contributed by atoms with E-state index in [2.05, 4.69) is 24.3 Å². The van der Waals surface area contributed by atoms with Crippen molar-refractivity contribution in [1.82, 2.24) is 0 Å². The van der Waals surface area contributed by atoms with Crippen LogP contribution in [0.4, 0.5) is 0 Å². The number of carbonyl (C=O) groups is 1. The average molecular weight is 292 g/mol. The molecule has 4 rings (SSSR count). The Morgan fingerprint density at radius 3 is 2.67 bits per heavy atom. The van der Waals surface area contributed by atoms with Gasteiger partial charge in [0.2, 0.25) is 0 Å². The first-order chi connectivity index (χ1) is 10.1. The number of aryl methyl sites for hydroxylation is 1. The first kappa shape index (κ1) is 12.4. The van der Waals surface area contributed by atoms with E-state index in [1.165, 1.54) is 0 Å². The van der Waals surface area contributed by atoms with Crippen LogP contribution >= 0.6 is 11.3 Å². The van der Waals surface area contributed by atoms with E-state index in [-0.39, 0.29) is 0 Å². The number of aromatic carboxylic acids is 1. The quantitative estimate of drug-likeness (QED) is 0.522. The Balaban J connectivity index is 2.34. The zero-order valence-electron chi connectivity index (χ0n) is 11.4. The number of benzene rings is 3. The van der Waals surface area contributed by atoms with Gasteiger partial charge in [0, 0.05) is 20.2 Å². The van der Waals surface area contributed by atoms with Gasteiger partial charge in [0.15, 0.2) is 0 Å². The summed E-state index contributed by atoms with van der Waals surface area (Å²) in [5, 5.41) is 13.6. The van der Waals surface area contributed by atoms with Crippen molar-refractivity contribution in [1.29, 1.82) is 0 Å². The van der Waals surface area contributed by atoms with Crippen molar-refractivity contribution in [2.24, 2.45) is 0 Å². The third kappa shape index (κ3) is 1.74. The first-order valence-electron chi connectivity index (χ1n) is 6.73. The number of rotatable bonds is 1. The molecule has 4 aromatic rings. The lowest BCUT2D eigenvalue weighted by Gasteiger charge is -2.04. The van der Waals surface area contributed by atoms with Gasteiger partial charge in [-0.25, -0.2) is 4.79 Å². The predicted octanol–water partition coefficient (Wildman–Crippen LogP) is 5.21. The molecule has 3 heteroatoms. The molecule has 0 saturated carbocycles. The maximum absolute atomic E-state index is 11.7. The molecule has 1 N–H and O–H groups in total. The third-order valence-electron chi connectivity index (χ3n) is 3.85. The van der Waals surface area contributed by atoms with Gasteiger partial charge in [0.25, 0.3) is 0 Å². The number of carboxylic acids is 1. The Kier molecular flexibility index (Phi) is 2.53. The molecule has 21 heavy (non-hydrogen) atoms. The smallest absolute Gasteiger partial charge is 0.336 e. The van der Waals surface area contributed by atoms with Crippen LogP contribution in [0.5, 0.6) is 0 Å². The van der Waals surface area contributed by atoms with Crippen molar-refractivity contribution < 1.29 is 9.90 Å². The lowest BCUT2D eigenvalue weighted by atomic mass is 10.00. The maximum atomic E-state index is 11.7. The Bertz CT molecular complexity index is 1030. The van der Waals surface area contributed by atoms with E-state index in [0.29, 0.717) is 5.56 Å². The summed E-state index contributed by atoms with van der Waals surface area (Å²) in [6.07, 6.45) is 0. The van der Waals surface area contributed by atoms with E-state index in [0.717, 1.165) is 36.5 Å². The summed E-state index contributed by atoms with van der Waals surface area (Å²) < 4.78 is 2.19. The summed E-state index contributed by atoms with van der Waals surface area (Å²) in [7, 11) is 0. The summed E-state index contributed by atoms with van der Waals surface area (Å²) in [5.74, 6) is -0.869. The number of thiophene rings is 1. The van der Waals surface area contributed by atoms with Crippen molar-refractivity contribution in [2.75, 3.05) is 0 Å². The summed E-state index contributed by atoms with van der Waals surface area (Å²) in [6, 6.07) is 16.0. The summed E-state index contributed by atoms with van der Waals surface area (Å²) in [6.45, 7) is 2.03. The van der Waals surface area contributed by atoms with Crippen molar-refractivity contribution in [3.8, 4) is 0 Å². The molecule has 0 radical (unpaired) electrons. The van der Waals surface area contributed by atoms with E-state index in [4.69, 9.17) is 0 Å². The lowest BCUT2D eigenvalue weighted by Crippen LogP contribution is -1.97. The molecule has 3 aromatic carbocycles. The molecule has 0 aliphatic rings. The molecule has 0 amide bonds. The second-order valence-electron chi connectivity index (χ2n) is 5.26. The van der Waals surface area contributed by atoms with Crippen LogP contribution in [0.1, 0.15) is 15.9 Å². The molecule has 0 aliphatic heterocycles. The van der Waals surface area contributed by atoms with Crippen LogP contribution in [-0.4, -0.2) is 11.1 Å². The number of carboxylic acid groups (broad SMARTS) is 1. The molecule has 0 fully saturated rings. The highest BCUT2D eigenvalue weighted by Crippen LogP contribution is 2.40. The maximum Gasteiger partial charge on any atom is 0.336 e. The highest BCUT2D eigenvalue weighted by Gasteiger charge is 2.17. The van der Waals surface area contributed by atoms with Gasteiger partial charge in [-0.05, 0) is 35.9 Å². The molecule has 0 bridgehead atoms. The number of fused-ring (bicyclic) bond motifs is 5. The van der Waals surface area contributed by atoms with Gasteiger partial charge in [0.05, 0.1) is 5.56 Å². The summed E-state index contributed by atoms with van der Waals surface area (Å²) in [4.78, 5) is 11.7. The van der Waals surface area contributed by atoms with E-state index >= 15 is 0 Å². The van der Waals surface area contributed by atoms with Gasteiger partial charge >= 0.3 is 5.97 Å². The molecular weight excluding hydrogens is 280 g/mol. The Morgan fingerprint density at radius 2 is 1.86 bits per heavy atom. The molecule has 1 aromatic heterocycles. The monoisotopic (exact) mass is 292 g/mol. The van der Waals surface area contributed by atoms with Crippen molar-refractivity contribution >= 4 is 48.3 Å². The Labute approximate surface area is 125 Å². The highest BCUT2D eigenvalue weighted by molar-refractivity contribution is 7.26. The normalized spacial score (nSPS) is 11.5. The van der Waals surface area contributed by atoms with Gasteiger partial charge in [0.1, 0.15) is 0 Å². The van der Waals surface area contributed by atoms with Gasteiger partial charge in [-0.15, -0.1) is 11.3 Å². The van der Waals surface area contributed by atoms with Crippen LogP contribution in [-0.2, 0) is 0 Å². The summed E-state index contributed by atoms with van der Waals surface area (Å²) in [5.41, 5.74) is 1.53. The molecule has 0 atom stereocenters. The molecule has 0 spiro atoms.